The molecular formula is C7H6F2N2O2. The van der Waals surface area contributed by atoms with Crippen molar-refractivity contribution in [2.45, 2.75) is 5.92 Å². The summed E-state index contributed by atoms with van der Waals surface area (Å²) < 4.78 is 25.9. The molecule has 0 radical (unpaired) electrons. The first-order valence-corrected chi connectivity index (χ1v) is 3.42. The van der Waals surface area contributed by atoms with Crippen LogP contribution in [0.1, 0.15) is 5.56 Å². The minimum absolute atomic E-state index is 0.390. The van der Waals surface area contributed by atoms with Gasteiger partial charge in [0.1, 0.15) is 0 Å². The molecule has 0 aliphatic rings. The van der Waals surface area contributed by atoms with Crippen molar-refractivity contribution >= 4 is 0 Å². The standard InChI is InChI=1S/C7H6F2N2O2/c8-7(9,5-11(12)13)6-1-3-10-4-2-6/h1-4H,5H2. The predicted molar refractivity (Wildman–Crippen MR) is 40.0 cm³/mol. The third-order valence-corrected chi connectivity index (χ3v) is 1.43. The summed E-state index contributed by atoms with van der Waals surface area (Å²) >= 11 is 0. The van der Waals surface area contributed by atoms with E-state index in [1.807, 2.05) is 0 Å². The second kappa shape index (κ2) is 3.42. The van der Waals surface area contributed by atoms with Gasteiger partial charge in [0.05, 0.1) is 0 Å². The summed E-state index contributed by atoms with van der Waals surface area (Å²) in [4.78, 5) is 12.4. The van der Waals surface area contributed by atoms with Gasteiger partial charge >= 0.3 is 5.92 Å². The second-order valence-electron chi connectivity index (χ2n) is 2.43. The van der Waals surface area contributed by atoms with Crippen LogP contribution in [0.25, 0.3) is 0 Å². The Kier molecular flexibility index (Phi) is 2.50. The zero-order valence-corrected chi connectivity index (χ0v) is 6.48. The van der Waals surface area contributed by atoms with Crippen molar-refractivity contribution in [2.24, 2.45) is 0 Å². The number of aromatic nitrogens is 1. The monoisotopic (exact) mass is 188 g/mol. The van der Waals surface area contributed by atoms with Crippen LogP contribution in [0.2, 0.25) is 0 Å². The highest BCUT2D eigenvalue weighted by atomic mass is 19.3. The number of halogens is 2. The third kappa shape index (κ3) is 2.43. The maximum Gasteiger partial charge on any atom is 0.336 e. The quantitative estimate of drug-likeness (QED) is 0.532. The Morgan fingerprint density at radius 1 is 1.46 bits per heavy atom. The van der Waals surface area contributed by atoms with E-state index in [0.29, 0.717) is 0 Å². The van der Waals surface area contributed by atoms with Crippen LogP contribution in [-0.4, -0.2) is 16.5 Å². The molecular weight excluding hydrogens is 182 g/mol. The van der Waals surface area contributed by atoms with Crippen LogP contribution in [0.3, 0.4) is 0 Å². The Morgan fingerprint density at radius 2 is 2.00 bits per heavy atom. The van der Waals surface area contributed by atoms with Crippen LogP contribution in [0.5, 0.6) is 0 Å². The lowest BCUT2D eigenvalue weighted by molar-refractivity contribution is -0.507. The molecule has 1 aromatic heterocycles. The Morgan fingerprint density at radius 3 is 2.46 bits per heavy atom. The van der Waals surface area contributed by atoms with E-state index in [-0.39, 0.29) is 5.56 Å². The molecule has 0 aromatic carbocycles. The first-order valence-electron chi connectivity index (χ1n) is 3.42. The topological polar surface area (TPSA) is 56.0 Å². The van der Waals surface area contributed by atoms with Gasteiger partial charge in [0.25, 0.3) is 6.54 Å². The zero-order chi connectivity index (χ0) is 9.90. The molecule has 4 nitrogen and oxygen atoms in total. The molecule has 6 heteroatoms. The normalized spacial score (nSPS) is 11.2. The number of nitro groups is 1. The first kappa shape index (κ1) is 9.50. The fourth-order valence-corrected chi connectivity index (χ4v) is 0.849. The van der Waals surface area contributed by atoms with Crippen molar-refractivity contribution in [3.8, 4) is 0 Å². The molecule has 0 spiro atoms. The Bertz CT molecular complexity index is 303. The molecule has 0 aliphatic carbocycles. The average Bonchev–Trinajstić information content (AvgIpc) is 2.04. The van der Waals surface area contributed by atoms with Crippen molar-refractivity contribution < 1.29 is 13.7 Å². The van der Waals surface area contributed by atoms with Gasteiger partial charge in [-0.25, -0.2) is 0 Å². The molecule has 0 unspecified atom stereocenters. The molecule has 0 fully saturated rings. The number of hydrogen-bond acceptors (Lipinski definition) is 3. The summed E-state index contributed by atoms with van der Waals surface area (Å²) in [6, 6.07) is 2.12. The highest BCUT2D eigenvalue weighted by molar-refractivity contribution is 5.15. The Balaban J connectivity index is 2.87. The van der Waals surface area contributed by atoms with E-state index >= 15 is 0 Å². The maximum absolute atomic E-state index is 12.9. The number of nitrogens with zero attached hydrogens (tertiary/aromatic N) is 2. The summed E-state index contributed by atoms with van der Waals surface area (Å²) in [5.41, 5.74) is -0.390. The van der Waals surface area contributed by atoms with Gasteiger partial charge < -0.3 is 0 Å². The lowest BCUT2D eigenvalue weighted by Crippen LogP contribution is -2.24. The van der Waals surface area contributed by atoms with E-state index in [1.54, 1.807) is 0 Å². The fourth-order valence-electron chi connectivity index (χ4n) is 0.849. The minimum Gasteiger partial charge on any atom is -0.265 e. The number of hydrogen-bond donors (Lipinski definition) is 0. The SMILES string of the molecule is O=[N+]([O-])CC(F)(F)c1ccncc1. The maximum atomic E-state index is 12.9. The second-order valence-corrected chi connectivity index (χ2v) is 2.43. The van der Waals surface area contributed by atoms with Gasteiger partial charge in [-0.3, -0.25) is 15.1 Å². The largest absolute Gasteiger partial charge is 0.336 e. The Hall–Kier alpha value is -1.59. The molecule has 70 valence electrons. The van der Waals surface area contributed by atoms with Gasteiger partial charge in [0, 0.05) is 22.9 Å². The molecule has 0 N–H and O–H groups in total. The molecule has 0 saturated carbocycles. The van der Waals surface area contributed by atoms with Gasteiger partial charge in [-0.1, -0.05) is 0 Å². The average molecular weight is 188 g/mol. The first-order chi connectivity index (χ1) is 6.02. The molecule has 1 aromatic rings. The van der Waals surface area contributed by atoms with E-state index in [0.717, 1.165) is 12.1 Å². The summed E-state index contributed by atoms with van der Waals surface area (Å²) in [5.74, 6) is -3.42. The Labute approximate surface area is 72.4 Å². The van der Waals surface area contributed by atoms with Crippen LogP contribution in [-0.2, 0) is 5.92 Å². The van der Waals surface area contributed by atoms with Crippen LogP contribution in [0.15, 0.2) is 24.5 Å². The van der Waals surface area contributed by atoms with Gasteiger partial charge in [-0.2, -0.15) is 8.78 Å². The lowest BCUT2D eigenvalue weighted by atomic mass is 10.1. The van der Waals surface area contributed by atoms with E-state index in [2.05, 4.69) is 4.98 Å². The lowest BCUT2D eigenvalue weighted by Gasteiger charge is -2.10. The molecule has 1 rings (SSSR count). The summed E-state index contributed by atoms with van der Waals surface area (Å²) in [5, 5.41) is 9.90. The smallest absolute Gasteiger partial charge is 0.265 e. The van der Waals surface area contributed by atoms with E-state index in [1.165, 1.54) is 12.4 Å². The van der Waals surface area contributed by atoms with Crippen molar-refractivity contribution in [1.82, 2.24) is 4.98 Å². The highest BCUT2D eigenvalue weighted by Gasteiger charge is 2.37. The van der Waals surface area contributed by atoms with Gasteiger partial charge in [-0.05, 0) is 12.1 Å². The number of pyridine rings is 1. The van der Waals surface area contributed by atoms with Gasteiger partial charge in [0.2, 0.25) is 0 Å². The third-order valence-electron chi connectivity index (χ3n) is 1.43. The number of alkyl halides is 2. The van der Waals surface area contributed by atoms with Crippen LogP contribution < -0.4 is 0 Å². The van der Waals surface area contributed by atoms with E-state index < -0.39 is 17.4 Å². The predicted octanol–water partition coefficient (Wildman–Crippen LogP) is 1.45. The van der Waals surface area contributed by atoms with Crippen molar-refractivity contribution in [1.29, 1.82) is 0 Å². The van der Waals surface area contributed by atoms with Crippen LogP contribution >= 0.6 is 0 Å². The molecule has 0 amide bonds. The van der Waals surface area contributed by atoms with Crippen LogP contribution in [0.4, 0.5) is 8.78 Å². The van der Waals surface area contributed by atoms with Crippen molar-refractivity contribution in [3.05, 3.63) is 40.2 Å². The summed E-state index contributed by atoms with van der Waals surface area (Å²) in [6.45, 7) is -1.39. The van der Waals surface area contributed by atoms with Crippen molar-refractivity contribution in [2.75, 3.05) is 6.54 Å². The summed E-state index contributed by atoms with van der Waals surface area (Å²) in [7, 11) is 0. The van der Waals surface area contributed by atoms with Crippen molar-refractivity contribution in [3.63, 3.8) is 0 Å². The molecule has 0 bridgehead atoms. The molecule has 0 atom stereocenters. The number of rotatable bonds is 3. The van der Waals surface area contributed by atoms with Crippen LogP contribution in [0, 0.1) is 10.1 Å². The van der Waals surface area contributed by atoms with Gasteiger partial charge in [-0.15, -0.1) is 0 Å². The summed E-state index contributed by atoms with van der Waals surface area (Å²) in [6.07, 6.45) is 2.34. The molecule has 0 aliphatic heterocycles. The molecule has 1 heterocycles. The molecule has 13 heavy (non-hydrogen) atoms. The highest BCUT2D eigenvalue weighted by Crippen LogP contribution is 2.26. The fraction of sp³-hybridized carbons (Fsp3) is 0.286. The minimum atomic E-state index is -3.42. The van der Waals surface area contributed by atoms with E-state index in [4.69, 9.17) is 0 Å². The van der Waals surface area contributed by atoms with E-state index in [9.17, 15) is 18.9 Å². The zero-order valence-electron chi connectivity index (χ0n) is 6.48. The molecule has 0 saturated heterocycles. The van der Waals surface area contributed by atoms with Gasteiger partial charge in [0.15, 0.2) is 0 Å².